The lowest BCUT2D eigenvalue weighted by Gasteiger charge is -2.20. The summed E-state index contributed by atoms with van der Waals surface area (Å²) in [5, 5.41) is -0.472. The summed E-state index contributed by atoms with van der Waals surface area (Å²) >= 11 is 5.64. The number of benzene rings is 2. The van der Waals surface area contributed by atoms with E-state index in [1.165, 1.54) is 0 Å². The minimum Gasteiger partial charge on any atom is -0.294 e. The molecule has 0 fully saturated rings. The van der Waals surface area contributed by atoms with Gasteiger partial charge in [0.05, 0.1) is 12.0 Å². The highest BCUT2D eigenvalue weighted by Crippen LogP contribution is 2.41. The van der Waals surface area contributed by atoms with Crippen LogP contribution in [0.15, 0.2) is 42.5 Å². The lowest BCUT2D eigenvalue weighted by Crippen LogP contribution is -2.20. The Morgan fingerprint density at radius 1 is 0.970 bits per heavy atom. The quantitative estimate of drug-likeness (QED) is 0.294. The van der Waals surface area contributed by atoms with Gasteiger partial charge in [0.2, 0.25) is 0 Å². The number of carbonyl (C=O) groups is 1. The molecule has 0 N–H and O–H groups in total. The van der Waals surface area contributed by atoms with Gasteiger partial charge in [-0.1, -0.05) is 29.8 Å². The maximum absolute atomic E-state index is 14.7. The molecular weight excluding hydrogens is 494 g/mol. The summed E-state index contributed by atoms with van der Waals surface area (Å²) in [6, 6.07) is 3.52. The van der Waals surface area contributed by atoms with Crippen molar-refractivity contribution in [3.63, 3.8) is 0 Å². The first kappa shape index (κ1) is 26.7. The van der Waals surface area contributed by atoms with E-state index in [9.17, 15) is 48.7 Å². The molecule has 1 nitrogen and oxygen atoms in total. The molecule has 0 saturated carbocycles. The van der Waals surface area contributed by atoms with E-state index in [2.05, 4.69) is 0 Å². The van der Waals surface area contributed by atoms with Gasteiger partial charge in [0.1, 0.15) is 11.7 Å². The molecule has 0 heterocycles. The Morgan fingerprint density at radius 2 is 1.58 bits per heavy atom. The molecule has 2 aromatic rings. The molecule has 0 bridgehead atoms. The van der Waals surface area contributed by atoms with Gasteiger partial charge >= 0.3 is 18.5 Å². The second kappa shape index (κ2) is 9.36. The fraction of sp³-hybridized carbons (Fsp3) is 0.286. The van der Waals surface area contributed by atoms with Crippen molar-refractivity contribution in [2.45, 2.75) is 37.8 Å². The number of hydrogen-bond donors (Lipinski definition) is 0. The Kier molecular flexibility index (Phi) is 7.57. The largest absolute Gasteiger partial charge is 0.417 e. The first-order valence-corrected chi connectivity index (χ1v) is 9.29. The van der Waals surface area contributed by atoms with Gasteiger partial charge in [0.15, 0.2) is 5.78 Å². The van der Waals surface area contributed by atoms with Crippen molar-refractivity contribution in [3.05, 3.63) is 75.3 Å². The summed E-state index contributed by atoms with van der Waals surface area (Å²) in [4.78, 5) is 11.4. The average Bonchev–Trinajstić information content (AvgIpc) is 2.61. The van der Waals surface area contributed by atoms with E-state index in [0.29, 0.717) is 24.3 Å². The van der Waals surface area contributed by atoms with Gasteiger partial charge in [0, 0.05) is 16.1 Å². The molecule has 1 unspecified atom stereocenters. The highest BCUT2D eigenvalue weighted by molar-refractivity contribution is 6.30. The number of ketones is 1. The van der Waals surface area contributed by atoms with E-state index >= 15 is 0 Å². The Labute approximate surface area is 185 Å². The number of Topliss-reactive ketones (excluding diaryl/α,β-unsaturated/α-hetero) is 1. The van der Waals surface area contributed by atoms with Crippen LogP contribution in [0.5, 0.6) is 0 Å². The average molecular weight is 507 g/mol. The fourth-order valence-corrected chi connectivity index (χ4v) is 3.31. The summed E-state index contributed by atoms with van der Waals surface area (Å²) in [5.41, 5.74) is -4.70. The molecule has 0 saturated heterocycles. The Hall–Kier alpha value is -2.56. The highest BCUT2D eigenvalue weighted by Gasteiger charge is 2.41. The molecule has 0 radical (unpaired) electrons. The maximum Gasteiger partial charge on any atom is 0.417 e. The van der Waals surface area contributed by atoms with Crippen LogP contribution in [0.4, 0.5) is 43.9 Å². The molecule has 0 spiro atoms. The van der Waals surface area contributed by atoms with Crippen molar-refractivity contribution in [1.82, 2.24) is 0 Å². The molecule has 180 valence electrons. The van der Waals surface area contributed by atoms with Crippen LogP contribution in [0.3, 0.4) is 0 Å². The monoisotopic (exact) mass is 506 g/mol. The third-order valence-corrected chi connectivity index (χ3v) is 4.61. The van der Waals surface area contributed by atoms with Crippen LogP contribution in [0.1, 0.15) is 45.5 Å². The lowest BCUT2D eigenvalue weighted by molar-refractivity contribution is -0.140. The summed E-state index contributed by atoms with van der Waals surface area (Å²) in [6.45, 7) is 0.827. The molecular formula is C21H13ClF10O. The third kappa shape index (κ3) is 7.21. The van der Waals surface area contributed by atoms with Crippen molar-refractivity contribution in [3.8, 4) is 0 Å². The van der Waals surface area contributed by atoms with E-state index < -0.39 is 75.3 Å². The van der Waals surface area contributed by atoms with Crippen LogP contribution < -0.4 is 0 Å². The van der Waals surface area contributed by atoms with Crippen molar-refractivity contribution < 1.29 is 48.7 Å². The Morgan fingerprint density at radius 3 is 2.06 bits per heavy atom. The highest BCUT2D eigenvalue weighted by atomic mass is 35.5. The van der Waals surface area contributed by atoms with Crippen LogP contribution in [0.25, 0.3) is 5.83 Å². The van der Waals surface area contributed by atoms with Gasteiger partial charge in [-0.15, -0.1) is 0 Å². The second-order valence-electron chi connectivity index (χ2n) is 7.03. The van der Waals surface area contributed by atoms with Crippen molar-refractivity contribution in [2.24, 2.45) is 0 Å². The van der Waals surface area contributed by atoms with E-state index in [0.717, 1.165) is 13.0 Å². The molecule has 0 aliphatic rings. The van der Waals surface area contributed by atoms with Crippen molar-refractivity contribution >= 4 is 23.2 Å². The fourth-order valence-electron chi connectivity index (χ4n) is 3.05. The van der Waals surface area contributed by atoms with Crippen LogP contribution in [0, 0.1) is 0 Å². The maximum atomic E-state index is 14.7. The molecule has 1 atom stereocenters. The van der Waals surface area contributed by atoms with Gasteiger partial charge in [-0.2, -0.15) is 39.5 Å². The van der Waals surface area contributed by atoms with Crippen LogP contribution in [-0.4, -0.2) is 18.1 Å². The van der Waals surface area contributed by atoms with Crippen LogP contribution >= 0.6 is 11.6 Å². The third-order valence-electron chi connectivity index (χ3n) is 4.39. The molecule has 0 amide bonds. The van der Waals surface area contributed by atoms with Gasteiger partial charge in [0.25, 0.3) is 0 Å². The molecule has 12 heteroatoms. The lowest BCUT2D eigenvalue weighted by atomic mass is 9.93. The summed E-state index contributed by atoms with van der Waals surface area (Å²) in [5.74, 6) is -5.54. The first-order chi connectivity index (χ1) is 14.9. The number of alkyl halides is 9. The predicted molar refractivity (Wildman–Crippen MR) is 101 cm³/mol. The van der Waals surface area contributed by atoms with E-state index in [1.807, 2.05) is 0 Å². The zero-order chi connectivity index (χ0) is 25.4. The van der Waals surface area contributed by atoms with Crippen LogP contribution in [0.2, 0.25) is 5.02 Å². The second-order valence-corrected chi connectivity index (χ2v) is 7.47. The van der Waals surface area contributed by atoms with Gasteiger partial charge in [-0.3, -0.25) is 4.79 Å². The summed E-state index contributed by atoms with van der Waals surface area (Å²) < 4.78 is 133. The smallest absolute Gasteiger partial charge is 0.294 e. The number of hydrogen-bond acceptors (Lipinski definition) is 1. The number of halogens is 11. The summed E-state index contributed by atoms with van der Waals surface area (Å²) in [7, 11) is 0. The molecule has 0 aliphatic carbocycles. The first-order valence-electron chi connectivity index (χ1n) is 8.91. The van der Waals surface area contributed by atoms with Gasteiger partial charge < -0.3 is 0 Å². The van der Waals surface area contributed by atoms with Gasteiger partial charge in [-0.05, 0) is 42.3 Å². The minimum absolute atomic E-state index is 0.0635. The zero-order valence-electron chi connectivity index (χ0n) is 16.4. The van der Waals surface area contributed by atoms with Crippen molar-refractivity contribution in [2.75, 3.05) is 0 Å². The zero-order valence-corrected chi connectivity index (χ0v) is 17.1. The predicted octanol–water partition coefficient (Wildman–Crippen LogP) is 8.32. The molecule has 33 heavy (non-hydrogen) atoms. The number of carbonyl (C=O) groups excluding carboxylic acids is 1. The van der Waals surface area contributed by atoms with Crippen molar-refractivity contribution in [1.29, 1.82) is 0 Å². The summed E-state index contributed by atoms with van der Waals surface area (Å²) in [6.07, 6.45) is -16.7. The van der Waals surface area contributed by atoms with E-state index in [1.54, 1.807) is 0 Å². The molecule has 2 aromatic carbocycles. The molecule has 2 rings (SSSR count). The molecule has 0 aliphatic heterocycles. The molecule has 0 aromatic heterocycles. The topological polar surface area (TPSA) is 17.1 Å². The number of allylic oxidation sites excluding steroid dienone is 1. The van der Waals surface area contributed by atoms with E-state index in [4.69, 9.17) is 11.6 Å². The van der Waals surface area contributed by atoms with Gasteiger partial charge in [-0.25, -0.2) is 4.39 Å². The normalized spacial score (nSPS) is 14.4. The Bertz CT molecular complexity index is 1060. The Balaban J connectivity index is 2.60. The van der Waals surface area contributed by atoms with Crippen LogP contribution in [-0.2, 0) is 12.6 Å². The number of rotatable bonds is 5. The minimum atomic E-state index is -5.22. The van der Waals surface area contributed by atoms with E-state index in [-0.39, 0.29) is 12.1 Å². The standard InChI is InChI=1S/C21H13ClF10O/c1-10(33)15-3-2-12(7-17(15)21(30,31)32)18(23)8-16(20(27,28)29)13-4-11(5-14(22)6-13)9-19(24,25)26/h2-8,16H,9H2,1H3/b18-8-. The SMILES string of the molecule is CC(=O)c1ccc(/C(F)=C/C(c2cc(Cl)cc(CC(F)(F)F)c2)C(F)(F)F)cc1C(F)(F)F.